The number of aliphatic hydroxyl groups is 3. The van der Waals surface area contributed by atoms with Crippen LogP contribution >= 0.6 is 0 Å². The smallest absolute Gasteiger partial charge is 0.368 e. The lowest BCUT2D eigenvalue weighted by Gasteiger charge is -2.17. The van der Waals surface area contributed by atoms with Crippen LogP contribution in [0.3, 0.4) is 0 Å². The van der Waals surface area contributed by atoms with E-state index >= 15 is 0 Å². The molecule has 146 valence electrons. The van der Waals surface area contributed by atoms with Crippen LogP contribution in [-0.4, -0.2) is 60.9 Å². The number of rotatable bonds is 8. The van der Waals surface area contributed by atoms with Crippen LogP contribution in [0.4, 0.5) is 5.82 Å². The van der Waals surface area contributed by atoms with Gasteiger partial charge in [-0.1, -0.05) is 26.7 Å². The van der Waals surface area contributed by atoms with Crippen LogP contribution in [0, 0.1) is 5.92 Å². The van der Waals surface area contributed by atoms with Gasteiger partial charge in [0, 0.05) is 5.92 Å². The van der Waals surface area contributed by atoms with Crippen molar-refractivity contribution in [1.82, 2.24) is 14.8 Å². The highest BCUT2D eigenvalue weighted by molar-refractivity contribution is 5.91. The number of ether oxygens (including phenoxy) is 1. The molecule has 0 bridgehead atoms. The van der Waals surface area contributed by atoms with Crippen molar-refractivity contribution in [3.63, 3.8) is 0 Å². The maximum Gasteiger partial charge on any atom is 0.368 e. The number of carbonyl (C=O) groups excluding carboxylic acids is 1. The predicted octanol–water partition coefficient (Wildman–Crippen LogP) is -0.595. The lowest BCUT2D eigenvalue weighted by Crippen LogP contribution is -2.37. The third-order valence-electron chi connectivity index (χ3n) is 4.37. The topological polar surface area (TPSA) is 147 Å². The van der Waals surface area contributed by atoms with Gasteiger partial charge in [-0.05, 0) is 12.8 Å². The molecule has 10 nitrogen and oxygen atoms in total. The molecule has 1 fully saturated rings. The van der Waals surface area contributed by atoms with Gasteiger partial charge in [0.2, 0.25) is 5.91 Å². The summed E-state index contributed by atoms with van der Waals surface area (Å²) in [5, 5.41) is 35.3. The molecular formula is C16H26N4O6. The summed E-state index contributed by atoms with van der Waals surface area (Å²) in [6.07, 6.45) is -0.651. The van der Waals surface area contributed by atoms with Gasteiger partial charge in [-0.15, -0.1) is 0 Å². The molecule has 1 amide bonds. The maximum absolute atomic E-state index is 12.3. The second-order valence-corrected chi connectivity index (χ2v) is 6.36. The van der Waals surface area contributed by atoms with Crippen molar-refractivity contribution in [2.75, 3.05) is 11.9 Å². The first-order valence-corrected chi connectivity index (χ1v) is 8.82. The van der Waals surface area contributed by atoms with E-state index in [0.717, 1.165) is 30.4 Å². The Kier molecular flexibility index (Phi) is 7.21. The Labute approximate surface area is 150 Å². The summed E-state index contributed by atoms with van der Waals surface area (Å²) in [5.74, 6) is -0.358. The number of amides is 1. The van der Waals surface area contributed by atoms with Crippen molar-refractivity contribution in [1.29, 1.82) is 0 Å². The average molecular weight is 370 g/mol. The average Bonchev–Trinajstić information content (AvgIpc) is 2.90. The third kappa shape index (κ3) is 4.44. The minimum absolute atomic E-state index is 0.0141. The molecule has 10 heteroatoms. The summed E-state index contributed by atoms with van der Waals surface area (Å²) in [6, 6.07) is 0. The minimum Gasteiger partial charge on any atom is -0.394 e. The molecule has 4 N–H and O–H groups in total. The number of nitrogens with one attached hydrogen (secondary N) is 1. The van der Waals surface area contributed by atoms with Crippen molar-refractivity contribution < 1.29 is 24.9 Å². The molecule has 0 saturated carbocycles. The van der Waals surface area contributed by atoms with Crippen LogP contribution < -0.4 is 11.0 Å². The highest BCUT2D eigenvalue weighted by Gasteiger charge is 2.44. The maximum atomic E-state index is 12.3. The van der Waals surface area contributed by atoms with Crippen molar-refractivity contribution >= 4 is 11.7 Å². The quantitative estimate of drug-likeness (QED) is 0.474. The fourth-order valence-electron chi connectivity index (χ4n) is 3.00. The van der Waals surface area contributed by atoms with Crippen LogP contribution in [0.25, 0.3) is 0 Å². The first kappa shape index (κ1) is 20.4. The molecule has 0 radical (unpaired) electrons. The summed E-state index contributed by atoms with van der Waals surface area (Å²) < 4.78 is 6.02. The van der Waals surface area contributed by atoms with Gasteiger partial charge >= 0.3 is 5.69 Å². The van der Waals surface area contributed by atoms with Crippen LogP contribution in [0.15, 0.2) is 11.0 Å². The van der Waals surface area contributed by atoms with E-state index in [1.165, 1.54) is 6.20 Å². The van der Waals surface area contributed by atoms with Gasteiger partial charge in [0.25, 0.3) is 0 Å². The predicted molar refractivity (Wildman–Crippen MR) is 91.2 cm³/mol. The Balaban J connectivity index is 2.12. The lowest BCUT2D eigenvalue weighted by molar-refractivity contribution is -0.120. The Hall–Kier alpha value is -1.88. The van der Waals surface area contributed by atoms with E-state index < -0.39 is 36.8 Å². The molecular weight excluding hydrogens is 344 g/mol. The molecule has 26 heavy (non-hydrogen) atoms. The van der Waals surface area contributed by atoms with Gasteiger partial charge in [-0.25, -0.2) is 4.79 Å². The molecule has 0 spiro atoms. The second-order valence-electron chi connectivity index (χ2n) is 6.36. The van der Waals surface area contributed by atoms with Gasteiger partial charge in [0.15, 0.2) is 12.0 Å². The lowest BCUT2D eigenvalue weighted by atomic mass is 9.97. The summed E-state index contributed by atoms with van der Waals surface area (Å²) in [4.78, 5) is 28.2. The molecule has 1 aromatic rings. The Morgan fingerprint density at radius 1 is 1.31 bits per heavy atom. The van der Waals surface area contributed by atoms with E-state index in [1.807, 2.05) is 13.8 Å². The number of aromatic nitrogens is 3. The molecule has 1 aromatic heterocycles. The van der Waals surface area contributed by atoms with Crippen molar-refractivity contribution in [2.45, 2.75) is 64.1 Å². The summed E-state index contributed by atoms with van der Waals surface area (Å²) >= 11 is 0. The first-order valence-electron chi connectivity index (χ1n) is 8.82. The zero-order valence-electron chi connectivity index (χ0n) is 14.9. The van der Waals surface area contributed by atoms with E-state index in [4.69, 9.17) is 9.84 Å². The van der Waals surface area contributed by atoms with E-state index in [1.54, 1.807) is 0 Å². The van der Waals surface area contributed by atoms with Gasteiger partial charge in [-0.3, -0.25) is 4.79 Å². The monoisotopic (exact) mass is 370 g/mol. The molecule has 2 heterocycles. The zero-order valence-corrected chi connectivity index (χ0v) is 14.9. The molecule has 0 aromatic carbocycles. The molecule has 0 unspecified atom stereocenters. The summed E-state index contributed by atoms with van der Waals surface area (Å²) in [7, 11) is 0. The third-order valence-corrected chi connectivity index (χ3v) is 4.37. The highest BCUT2D eigenvalue weighted by Crippen LogP contribution is 2.27. The van der Waals surface area contributed by atoms with Gasteiger partial charge < -0.3 is 25.4 Å². The van der Waals surface area contributed by atoms with Crippen LogP contribution in [-0.2, 0) is 9.53 Å². The Morgan fingerprint density at radius 3 is 2.46 bits per heavy atom. The van der Waals surface area contributed by atoms with Gasteiger partial charge in [0.05, 0.1) is 12.8 Å². The van der Waals surface area contributed by atoms with Gasteiger partial charge in [0.1, 0.15) is 18.3 Å². The summed E-state index contributed by atoms with van der Waals surface area (Å²) in [5.41, 5.74) is -0.847. The normalized spacial score (nSPS) is 25.6. The van der Waals surface area contributed by atoms with Gasteiger partial charge in [-0.2, -0.15) is 14.8 Å². The van der Waals surface area contributed by atoms with Crippen LogP contribution in [0.2, 0.25) is 0 Å². The Morgan fingerprint density at radius 2 is 1.96 bits per heavy atom. The Bertz CT molecular complexity index is 660. The van der Waals surface area contributed by atoms with E-state index in [9.17, 15) is 19.8 Å². The van der Waals surface area contributed by atoms with Crippen LogP contribution in [0.5, 0.6) is 0 Å². The molecule has 1 saturated heterocycles. The molecule has 1 aliphatic heterocycles. The van der Waals surface area contributed by atoms with Crippen LogP contribution in [0.1, 0.15) is 45.8 Å². The van der Waals surface area contributed by atoms with Crippen molar-refractivity contribution in [3.8, 4) is 0 Å². The number of carbonyl (C=O) groups is 1. The number of hydrogen-bond acceptors (Lipinski definition) is 8. The highest BCUT2D eigenvalue weighted by atomic mass is 16.6. The molecule has 1 aliphatic rings. The largest absolute Gasteiger partial charge is 0.394 e. The molecule has 4 atom stereocenters. The second kappa shape index (κ2) is 9.17. The molecule has 2 rings (SSSR count). The number of aliphatic hydroxyl groups excluding tert-OH is 3. The van der Waals surface area contributed by atoms with Crippen molar-refractivity contribution in [2.24, 2.45) is 5.92 Å². The van der Waals surface area contributed by atoms with Crippen molar-refractivity contribution in [3.05, 3.63) is 16.7 Å². The standard InChI is InChI=1S/C16H26N4O6/c1-3-5-9(6-4-2)14(24)18-11-7-17-20(16(25)19-11)15-13(23)12(22)10(8-21)26-15/h7,9-10,12-13,15,21-23H,3-6,8H2,1-2H3,(H,18,19,24,25)/t10-,12-,13-,15-/m1/s1. The fraction of sp³-hybridized carbons (Fsp3) is 0.750. The number of nitrogens with zero attached hydrogens (tertiary/aromatic N) is 3. The SMILES string of the molecule is CCCC(CCC)C(=O)Nc1cnn([C@@H]2O[C@H](CO)[C@@H](O)[C@H]2O)c(=O)n1. The fourth-order valence-corrected chi connectivity index (χ4v) is 3.00. The first-order chi connectivity index (χ1) is 12.4. The minimum atomic E-state index is -1.43. The summed E-state index contributed by atoms with van der Waals surface area (Å²) in [6.45, 7) is 3.48. The van der Waals surface area contributed by atoms with E-state index in [0.29, 0.717) is 0 Å². The number of hydrogen-bond donors (Lipinski definition) is 4. The molecule has 0 aliphatic carbocycles. The zero-order chi connectivity index (χ0) is 19.3. The van der Waals surface area contributed by atoms with E-state index in [2.05, 4.69) is 15.4 Å². The number of anilines is 1. The van der Waals surface area contributed by atoms with E-state index in [-0.39, 0.29) is 17.6 Å².